The van der Waals surface area contributed by atoms with Gasteiger partial charge in [0.25, 0.3) is 0 Å². The highest BCUT2D eigenvalue weighted by molar-refractivity contribution is 7.91. The molecule has 0 aliphatic heterocycles. The molecule has 23 heavy (non-hydrogen) atoms. The molecule has 0 N–H and O–H groups in total. The van der Waals surface area contributed by atoms with Crippen molar-refractivity contribution in [3.05, 3.63) is 59.7 Å². The van der Waals surface area contributed by atoms with Gasteiger partial charge in [0.1, 0.15) is 0 Å². The molecule has 0 saturated heterocycles. The average molecular weight is 337 g/mol. The van der Waals surface area contributed by atoms with Crippen LogP contribution in [0.25, 0.3) is 12.2 Å². The third-order valence-electron chi connectivity index (χ3n) is 3.32. The van der Waals surface area contributed by atoms with Crippen molar-refractivity contribution in [1.29, 1.82) is 0 Å². The van der Waals surface area contributed by atoms with Gasteiger partial charge in [0, 0.05) is 19.8 Å². The maximum atomic E-state index is 12.5. The van der Waals surface area contributed by atoms with Crippen molar-refractivity contribution >= 4 is 27.7 Å². The van der Waals surface area contributed by atoms with Gasteiger partial charge in [-0.3, -0.25) is 0 Å². The van der Waals surface area contributed by atoms with Crippen LogP contribution in [0.4, 0.5) is 14.5 Å². The number of hydrogen-bond acceptors (Lipinski definition) is 3. The SMILES string of the molecule is CN(C)c1ccc(C=Cc2ccc(S(=O)(=O)C(F)F)cc2)cc1. The van der Waals surface area contributed by atoms with Crippen molar-refractivity contribution < 1.29 is 17.2 Å². The Hall–Kier alpha value is -2.21. The van der Waals surface area contributed by atoms with Crippen LogP contribution in [0.1, 0.15) is 11.1 Å². The molecule has 0 atom stereocenters. The second-order valence-electron chi connectivity index (χ2n) is 5.19. The molecule has 0 aliphatic rings. The zero-order valence-corrected chi connectivity index (χ0v) is 13.6. The fourth-order valence-corrected chi connectivity index (χ4v) is 2.67. The van der Waals surface area contributed by atoms with E-state index in [0.29, 0.717) is 0 Å². The van der Waals surface area contributed by atoms with Crippen LogP contribution in [0.3, 0.4) is 0 Å². The van der Waals surface area contributed by atoms with Crippen molar-refractivity contribution in [3.8, 4) is 0 Å². The van der Waals surface area contributed by atoms with Crippen molar-refractivity contribution in [2.75, 3.05) is 19.0 Å². The Kier molecular flexibility index (Phi) is 5.15. The molecular weight excluding hydrogens is 320 g/mol. The number of hydrogen-bond donors (Lipinski definition) is 0. The standard InChI is InChI=1S/C17H17F2NO2S/c1-20(2)15-9-5-13(6-10-15)3-4-14-7-11-16(12-8-14)23(21,22)17(18)19/h3-12,17H,1-2H3. The number of halogens is 2. The summed E-state index contributed by atoms with van der Waals surface area (Å²) in [5.74, 6) is -3.40. The van der Waals surface area contributed by atoms with Gasteiger partial charge in [0.05, 0.1) is 4.90 Å². The first-order valence-electron chi connectivity index (χ1n) is 6.88. The van der Waals surface area contributed by atoms with Crippen LogP contribution < -0.4 is 4.90 Å². The Morgan fingerprint density at radius 2 is 1.30 bits per heavy atom. The molecule has 2 aromatic carbocycles. The van der Waals surface area contributed by atoms with Crippen LogP contribution in [0.5, 0.6) is 0 Å². The number of rotatable bonds is 5. The van der Waals surface area contributed by atoms with Gasteiger partial charge < -0.3 is 4.90 Å². The van der Waals surface area contributed by atoms with Gasteiger partial charge in [-0.05, 0) is 35.4 Å². The van der Waals surface area contributed by atoms with Crippen molar-refractivity contribution in [3.63, 3.8) is 0 Å². The lowest BCUT2D eigenvalue weighted by Gasteiger charge is -2.11. The summed E-state index contributed by atoms with van der Waals surface area (Å²) >= 11 is 0. The molecule has 2 aromatic rings. The first kappa shape index (κ1) is 17.1. The van der Waals surface area contributed by atoms with E-state index in [1.54, 1.807) is 6.08 Å². The maximum absolute atomic E-state index is 12.5. The fraction of sp³-hybridized carbons (Fsp3) is 0.176. The van der Waals surface area contributed by atoms with E-state index in [0.717, 1.165) is 16.8 Å². The minimum Gasteiger partial charge on any atom is -0.378 e. The first-order chi connectivity index (χ1) is 10.8. The Morgan fingerprint density at radius 3 is 1.70 bits per heavy atom. The van der Waals surface area contributed by atoms with Crippen LogP contribution in [0, 0.1) is 0 Å². The monoisotopic (exact) mass is 337 g/mol. The van der Waals surface area contributed by atoms with Gasteiger partial charge in [-0.25, -0.2) is 8.42 Å². The summed E-state index contributed by atoms with van der Waals surface area (Å²) in [6.07, 6.45) is 3.67. The third kappa shape index (κ3) is 4.16. The highest BCUT2D eigenvalue weighted by atomic mass is 32.2. The zero-order valence-electron chi connectivity index (χ0n) is 12.8. The maximum Gasteiger partial charge on any atom is 0.341 e. The molecule has 2 rings (SSSR count). The summed E-state index contributed by atoms with van der Waals surface area (Å²) < 4.78 is 47.6. The van der Waals surface area contributed by atoms with Crippen LogP contribution in [-0.2, 0) is 9.84 Å². The first-order valence-corrected chi connectivity index (χ1v) is 8.43. The van der Waals surface area contributed by atoms with Gasteiger partial charge in [-0.1, -0.05) is 36.4 Å². The molecular formula is C17H17F2NO2S. The number of benzene rings is 2. The lowest BCUT2D eigenvalue weighted by Crippen LogP contribution is -2.11. The summed E-state index contributed by atoms with van der Waals surface area (Å²) in [5, 5.41) is 0. The Labute approximate surface area is 134 Å². The molecule has 0 aromatic heterocycles. The molecule has 0 spiro atoms. The molecule has 0 heterocycles. The summed E-state index contributed by atoms with van der Waals surface area (Å²) in [4.78, 5) is 1.62. The van der Waals surface area contributed by atoms with Crippen LogP contribution in [0.2, 0.25) is 0 Å². The summed E-state index contributed by atoms with van der Waals surface area (Å²) in [7, 11) is -0.619. The van der Waals surface area contributed by atoms with E-state index >= 15 is 0 Å². The predicted molar refractivity (Wildman–Crippen MR) is 89.3 cm³/mol. The van der Waals surface area contributed by atoms with E-state index in [-0.39, 0.29) is 4.90 Å². The van der Waals surface area contributed by atoms with Crippen LogP contribution in [-0.4, -0.2) is 28.3 Å². The number of sulfone groups is 1. The molecule has 0 bridgehead atoms. The molecule has 122 valence electrons. The summed E-state index contributed by atoms with van der Waals surface area (Å²) in [5.41, 5.74) is 2.80. The Morgan fingerprint density at radius 1 is 0.870 bits per heavy atom. The minimum absolute atomic E-state index is 0.375. The second kappa shape index (κ2) is 6.91. The molecule has 6 heteroatoms. The summed E-state index contributed by atoms with van der Waals surface area (Å²) in [6, 6.07) is 13.3. The zero-order chi connectivity index (χ0) is 17.0. The lowest BCUT2D eigenvalue weighted by atomic mass is 10.1. The second-order valence-corrected chi connectivity index (χ2v) is 7.11. The lowest BCUT2D eigenvalue weighted by molar-refractivity contribution is 0.234. The third-order valence-corrected chi connectivity index (χ3v) is 4.72. The molecule has 0 radical (unpaired) electrons. The van der Waals surface area contributed by atoms with Crippen molar-refractivity contribution in [2.45, 2.75) is 10.7 Å². The van der Waals surface area contributed by atoms with Gasteiger partial charge in [-0.15, -0.1) is 0 Å². The van der Waals surface area contributed by atoms with Gasteiger partial charge in [-0.2, -0.15) is 8.78 Å². The highest BCUT2D eigenvalue weighted by Crippen LogP contribution is 2.20. The van der Waals surface area contributed by atoms with Gasteiger partial charge in [0.15, 0.2) is 0 Å². The quantitative estimate of drug-likeness (QED) is 0.776. The Bertz CT molecular complexity index is 780. The highest BCUT2D eigenvalue weighted by Gasteiger charge is 2.25. The normalized spacial score (nSPS) is 12.0. The van der Waals surface area contributed by atoms with E-state index in [1.165, 1.54) is 24.3 Å². The number of anilines is 1. The minimum atomic E-state index is -4.54. The summed E-state index contributed by atoms with van der Waals surface area (Å²) in [6.45, 7) is 0. The Balaban J connectivity index is 2.14. The molecule has 0 amide bonds. The van der Waals surface area contributed by atoms with E-state index in [1.807, 2.05) is 49.3 Å². The topological polar surface area (TPSA) is 37.4 Å². The van der Waals surface area contributed by atoms with E-state index in [2.05, 4.69) is 0 Å². The van der Waals surface area contributed by atoms with Crippen LogP contribution >= 0.6 is 0 Å². The molecule has 3 nitrogen and oxygen atoms in total. The van der Waals surface area contributed by atoms with Crippen molar-refractivity contribution in [2.24, 2.45) is 0 Å². The predicted octanol–water partition coefficient (Wildman–Crippen LogP) is 3.92. The van der Waals surface area contributed by atoms with E-state index in [4.69, 9.17) is 0 Å². The molecule has 0 aliphatic carbocycles. The van der Waals surface area contributed by atoms with E-state index in [9.17, 15) is 17.2 Å². The van der Waals surface area contributed by atoms with Crippen LogP contribution in [0.15, 0.2) is 53.4 Å². The van der Waals surface area contributed by atoms with E-state index < -0.39 is 15.6 Å². The van der Waals surface area contributed by atoms with Gasteiger partial charge in [0.2, 0.25) is 9.84 Å². The molecule has 0 saturated carbocycles. The number of alkyl halides is 2. The van der Waals surface area contributed by atoms with Gasteiger partial charge >= 0.3 is 5.76 Å². The van der Waals surface area contributed by atoms with Crippen molar-refractivity contribution in [1.82, 2.24) is 0 Å². The molecule has 0 unspecified atom stereocenters. The fourth-order valence-electron chi connectivity index (χ4n) is 1.95. The number of nitrogens with zero attached hydrogens (tertiary/aromatic N) is 1. The average Bonchev–Trinajstić information content (AvgIpc) is 2.53. The largest absolute Gasteiger partial charge is 0.378 e. The smallest absolute Gasteiger partial charge is 0.341 e. The molecule has 0 fully saturated rings.